The van der Waals surface area contributed by atoms with Crippen molar-refractivity contribution >= 4 is 17.7 Å². The molecule has 1 fully saturated rings. The Morgan fingerprint density at radius 3 is 2.73 bits per heavy atom. The molecule has 1 aromatic rings. The molecule has 1 saturated carbocycles. The Labute approximate surface area is 138 Å². The van der Waals surface area contributed by atoms with E-state index in [0.717, 1.165) is 23.7 Å². The van der Waals surface area contributed by atoms with E-state index in [1.54, 1.807) is 0 Å². The quantitative estimate of drug-likeness (QED) is 0.422. The number of esters is 1. The number of thioether (sulfide) groups is 1. The number of imidazole rings is 1. The number of aryl methyl sites for hydroxylation is 1. The average Bonchev–Trinajstić information content (AvgIpc) is 2.81. The zero-order valence-corrected chi connectivity index (χ0v) is 14.9. The van der Waals surface area contributed by atoms with Gasteiger partial charge in [0.1, 0.15) is 0 Å². The number of carbonyl (C=O) groups excluding carboxylic acids is 1. The lowest BCUT2D eigenvalue weighted by atomic mass is 9.95. The normalized spacial score (nSPS) is 16.0. The largest absolute Gasteiger partial charge is 0.465 e. The lowest BCUT2D eigenvalue weighted by Gasteiger charge is -2.25. The molecular formula is C17H28N2O2S. The fourth-order valence-electron chi connectivity index (χ4n) is 2.96. The highest BCUT2D eigenvalue weighted by molar-refractivity contribution is 7.99. The van der Waals surface area contributed by atoms with Crippen LogP contribution < -0.4 is 0 Å². The SMILES string of the molecule is CCCCOC(=O)CSc1nc(C)c(C)n1C1CCCCC1. The van der Waals surface area contributed by atoms with Gasteiger partial charge in [0.15, 0.2) is 5.16 Å². The zero-order chi connectivity index (χ0) is 15.9. The molecule has 0 N–H and O–H groups in total. The molecule has 1 heterocycles. The molecule has 22 heavy (non-hydrogen) atoms. The zero-order valence-electron chi connectivity index (χ0n) is 14.1. The highest BCUT2D eigenvalue weighted by Gasteiger charge is 2.22. The Hall–Kier alpha value is -0.970. The average molecular weight is 324 g/mol. The molecule has 124 valence electrons. The van der Waals surface area contributed by atoms with Gasteiger partial charge in [-0.25, -0.2) is 4.98 Å². The molecule has 0 atom stereocenters. The lowest BCUT2D eigenvalue weighted by molar-refractivity contribution is -0.140. The summed E-state index contributed by atoms with van der Waals surface area (Å²) in [5, 5.41) is 0.981. The first-order valence-corrected chi connectivity index (χ1v) is 9.46. The summed E-state index contributed by atoms with van der Waals surface area (Å²) in [5.41, 5.74) is 2.32. The smallest absolute Gasteiger partial charge is 0.316 e. The van der Waals surface area contributed by atoms with Gasteiger partial charge in [0.2, 0.25) is 0 Å². The van der Waals surface area contributed by atoms with Gasteiger partial charge in [-0.2, -0.15) is 0 Å². The number of hydrogen-bond donors (Lipinski definition) is 0. The number of rotatable bonds is 7. The topological polar surface area (TPSA) is 44.1 Å². The highest BCUT2D eigenvalue weighted by Crippen LogP contribution is 2.34. The van der Waals surface area contributed by atoms with Gasteiger partial charge in [-0.3, -0.25) is 4.79 Å². The number of ether oxygens (including phenoxy) is 1. The van der Waals surface area contributed by atoms with Crippen LogP contribution in [0.5, 0.6) is 0 Å². The van der Waals surface area contributed by atoms with Crippen molar-refractivity contribution in [1.29, 1.82) is 0 Å². The van der Waals surface area contributed by atoms with E-state index >= 15 is 0 Å². The fraction of sp³-hybridized carbons (Fsp3) is 0.765. The second-order valence-electron chi connectivity index (χ2n) is 6.09. The van der Waals surface area contributed by atoms with Gasteiger partial charge in [0.25, 0.3) is 0 Å². The maximum atomic E-state index is 11.8. The Morgan fingerprint density at radius 1 is 1.32 bits per heavy atom. The van der Waals surface area contributed by atoms with Crippen LogP contribution >= 0.6 is 11.8 Å². The van der Waals surface area contributed by atoms with Crippen LogP contribution in [0.25, 0.3) is 0 Å². The van der Waals surface area contributed by atoms with Crippen molar-refractivity contribution in [3.8, 4) is 0 Å². The third kappa shape index (κ3) is 4.51. The summed E-state index contributed by atoms with van der Waals surface area (Å²) < 4.78 is 7.59. The third-order valence-corrected chi connectivity index (χ3v) is 5.30. The first-order chi connectivity index (χ1) is 10.6. The Bertz CT molecular complexity index is 493. The van der Waals surface area contributed by atoms with E-state index in [0.29, 0.717) is 18.4 Å². The summed E-state index contributed by atoms with van der Waals surface area (Å²) in [4.78, 5) is 16.5. The van der Waals surface area contributed by atoms with Crippen LogP contribution in [0.2, 0.25) is 0 Å². The van der Waals surface area contributed by atoms with Gasteiger partial charge < -0.3 is 9.30 Å². The van der Waals surface area contributed by atoms with Crippen molar-refractivity contribution in [3.05, 3.63) is 11.4 Å². The molecular weight excluding hydrogens is 296 g/mol. The minimum absolute atomic E-state index is 0.132. The summed E-state index contributed by atoms with van der Waals surface area (Å²) in [6.07, 6.45) is 8.37. The van der Waals surface area contributed by atoms with Gasteiger partial charge >= 0.3 is 5.97 Å². The van der Waals surface area contributed by atoms with Crippen LogP contribution in [-0.2, 0) is 9.53 Å². The molecule has 0 bridgehead atoms. The van der Waals surface area contributed by atoms with E-state index in [9.17, 15) is 4.79 Å². The molecule has 1 aliphatic carbocycles. The molecule has 0 aliphatic heterocycles. The van der Waals surface area contributed by atoms with E-state index in [4.69, 9.17) is 4.74 Å². The predicted molar refractivity (Wildman–Crippen MR) is 90.4 cm³/mol. The van der Waals surface area contributed by atoms with Gasteiger partial charge in [-0.1, -0.05) is 44.4 Å². The van der Waals surface area contributed by atoms with Crippen molar-refractivity contribution < 1.29 is 9.53 Å². The third-order valence-electron chi connectivity index (χ3n) is 4.37. The van der Waals surface area contributed by atoms with Crippen molar-refractivity contribution in [2.24, 2.45) is 0 Å². The molecule has 0 amide bonds. The monoisotopic (exact) mass is 324 g/mol. The Morgan fingerprint density at radius 2 is 2.05 bits per heavy atom. The van der Waals surface area contributed by atoms with E-state index in [1.807, 2.05) is 0 Å². The number of aromatic nitrogens is 2. The van der Waals surface area contributed by atoms with Crippen LogP contribution in [0.15, 0.2) is 5.16 Å². The molecule has 0 saturated heterocycles. The fourth-order valence-corrected chi connectivity index (χ4v) is 3.92. The molecule has 0 spiro atoms. The van der Waals surface area contributed by atoms with Crippen molar-refractivity contribution in [2.75, 3.05) is 12.4 Å². The summed E-state index contributed by atoms with van der Waals surface area (Å²) in [6, 6.07) is 0.550. The maximum Gasteiger partial charge on any atom is 0.316 e. The minimum Gasteiger partial charge on any atom is -0.465 e. The Balaban J connectivity index is 1.98. The second kappa shape index (κ2) is 8.61. The number of nitrogens with zero attached hydrogens (tertiary/aromatic N) is 2. The second-order valence-corrected chi connectivity index (χ2v) is 7.03. The summed E-state index contributed by atoms with van der Waals surface area (Å²) in [5.74, 6) is 0.221. The summed E-state index contributed by atoms with van der Waals surface area (Å²) in [7, 11) is 0. The molecule has 1 aliphatic rings. The van der Waals surface area contributed by atoms with E-state index < -0.39 is 0 Å². The van der Waals surface area contributed by atoms with Crippen molar-refractivity contribution in [2.45, 2.75) is 76.9 Å². The van der Waals surface area contributed by atoms with Crippen LogP contribution in [0.3, 0.4) is 0 Å². The van der Waals surface area contributed by atoms with E-state index in [2.05, 4.69) is 30.3 Å². The van der Waals surface area contributed by atoms with Crippen molar-refractivity contribution in [3.63, 3.8) is 0 Å². The highest BCUT2D eigenvalue weighted by atomic mass is 32.2. The van der Waals surface area contributed by atoms with Gasteiger partial charge in [-0.15, -0.1) is 0 Å². The molecule has 5 heteroatoms. The predicted octanol–water partition coefficient (Wildman–Crippen LogP) is 4.44. The molecule has 4 nitrogen and oxygen atoms in total. The molecule has 1 aromatic heterocycles. The lowest BCUT2D eigenvalue weighted by Crippen LogP contribution is -2.16. The van der Waals surface area contributed by atoms with Crippen molar-refractivity contribution in [1.82, 2.24) is 9.55 Å². The van der Waals surface area contributed by atoms with E-state index in [1.165, 1.54) is 49.6 Å². The van der Waals surface area contributed by atoms with Crippen LogP contribution in [0.4, 0.5) is 0 Å². The standard InChI is InChI=1S/C17H28N2O2S/c1-4-5-11-21-16(20)12-22-17-18-13(2)14(3)19(17)15-9-7-6-8-10-15/h15H,4-12H2,1-3H3. The van der Waals surface area contributed by atoms with Gasteiger partial charge in [-0.05, 0) is 33.1 Å². The van der Waals surface area contributed by atoms with Crippen LogP contribution in [-0.4, -0.2) is 27.9 Å². The molecule has 0 radical (unpaired) electrons. The van der Waals surface area contributed by atoms with Crippen LogP contribution in [0, 0.1) is 13.8 Å². The van der Waals surface area contributed by atoms with Crippen LogP contribution in [0.1, 0.15) is 69.3 Å². The number of carbonyl (C=O) groups is 1. The molecule has 0 unspecified atom stereocenters. The Kier molecular flexibility index (Phi) is 6.80. The number of unbranched alkanes of at least 4 members (excludes halogenated alkanes) is 1. The first-order valence-electron chi connectivity index (χ1n) is 8.47. The minimum atomic E-state index is -0.132. The van der Waals surface area contributed by atoms with Gasteiger partial charge in [0.05, 0.1) is 18.1 Å². The first kappa shape index (κ1) is 17.4. The molecule has 0 aromatic carbocycles. The maximum absolute atomic E-state index is 11.8. The van der Waals surface area contributed by atoms with E-state index in [-0.39, 0.29) is 5.97 Å². The molecule has 2 rings (SSSR count). The summed E-state index contributed by atoms with van der Waals surface area (Å²) in [6.45, 7) is 6.82. The summed E-state index contributed by atoms with van der Waals surface area (Å²) >= 11 is 1.52. The van der Waals surface area contributed by atoms with Gasteiger partial charge in [0, 0.05) is 11.7 Å². The number of hydrogen-bond acceptors (Lipinski definition) is 4.